The predicted octanol–water partition coefficient (Wildman–Crippen LogP) is 1.70. The second-order valence-corrected chi connectivity index (χ2v) is 6.73. The van der Waals surface area contributed by atoms with Crippen molar-refractivity contribution in [3.63, 3.8) is 0 Å². The number of carbonyl (C=O) groups excluding carboxylic acids is 2. The minimum absolute atomic E-state index is 0.0221. The summed E-state index contributed by atoms with van der Waals surface area (Å²) in [6, 6.07) is 9.32. The van der Waals surface area contributed by atoms with Crippen molar-refractivity contribution in [2.24, 2.45) is 5.73 Å². The van der Waals surface area contributed by atoms with E-state index in [1.54, 1.807) is 18.3 Å². The van der Waals surface area contributed by atoms with Crippen LogP contribution in [0.15, 0.2) is 48.9 Å². The molecule has 0 bridgehead atoms. The van der Waals surface area contributed by atoms with Crippen LogP contribution < -0.4 is 10.6 Å². The van der Waals surface area contributed by atoms with Gasteiger partial charge < -0.3 is 19.9 Å². The quantitative estimate of drug-likeness (QED) is 0.768. The van der Waals surface area contributed by atoms with Gasteiger partial charge in [0.25, 0.3) is 11.8 Å². The lowest BCUT2D eigenvalue weighted by molar-refractivity contribution is 0.0746. The number of aryl methyl sites for hydroxylation is 1. The Morgan fingerprint density at radius 1 is 1.11 bits per heavy atom. The molecular formula is C20H21N5O2. The molecule has 138 valence electrons. The molecule has 7 heteroatoms. The van der Waals surface area contributed by atoms with Crippen LogP contribution in [-0.2, 0) is 0 Å². The number of pyridine rings is 2. The summed E-state index contributed by atoms with van der Waals surface area (Å²) in [7, 11) is 0. The molecule has 3 aromatic heterocycles. The normalized spacial score (nSPS) is 14.6. The number of piperazine rings is 1. The van der Waals surface area contributed by atoms with Gasteiger partial charge in [-0.25, -0.2) is 4.98 Å². The van der Waals surface area contributed by atoms with Gasteiger partial charge in [-0.1, -0.05) is 6.07 Å². The number of hydrogen-bond donors (Lipinski definition) is 1. The Labute approximate surface area is 157 Å². The summed E-state index contributed by atoms with van der Waals surface area (Å²) < 4.78 is 1.98. The summed E-state index contributed by atoms with van der Waals surface area (Å²) in [4.78, 5) is 32.7. The third-order valence-electron chi connectivity index (χ3n) is 5.01. The smallest absolute Gasteiger partial charge is 0.255 e. The first-order chi connectivity index (χ1) is 13.0. The maximum absolute atomic E-state index is 12.9. The molecule has 4 rings (SSSR count). The number of carbonyl (C=O) groups is 2. The van der Waals surface area contributed by atoms with Crippen LogP contribution in [0.3, 0.4) is 0 Å². The van der Waals surface area contributed by atoms with Crippen LogP contribution in [0, 0.1) is 6.92 Å². The summed E-state index contributed by atoms with van der Waals surface area (Å²) in [5.74, 6) is 0.115. The first-order valence-electron chi connectivity index (χ1n) is 8.91. The number of fused-ring (bicyclic) bond motifs is 1. The molecule has 7 nitrogen and oxygen atoms in total. The molecule has 3 aromatic rings. The summed E-state index contributed by atoms with van der Waals surface area (Å²) in [5.41, 5.74) is 8.72. The molecule has 1 aliphatic heterocycles. The fourth-order valence-corrected chi connectivity index (χ4v) is 3.55. The second kappa shape index (κ2) is 6.75. The first-order valence-corrected chi connectivity index (χ1v) is 8.91. The zero-order chi connectivity index (χ0) is 19.0. The highest BCUT2D eigenvalue weighted by atomic mass is 16.2. The van der Waals surface area contributed by atoms with Gasteiger partial charge in [-0.05, 0) is 36.8 Å². The lowest BCUT2D eigenvalue weighted by Crippen LogP contribution is -2.49. The monoisotopic (exact) mass is 363 g/mol. The highest BCUT2D eigenvalue weighted by Crippen LogP contribution is 2.20. The van der Waals surface area contributed by atoms with E-state index in [4.69, 9.17) is 5.73 Å². The molecule has 0 unspecified atom stereocenters. The molecule has 0 radical (unpaired) electrons. The van der Waals surface area contributed by atoms with Crippen molar-refractivity contribution in [1.29, 1.82) is 0 Å². The third kappa shape index (κ3) is 3.12. The molecule has 1 fully saturated rings. The minimum atomic E-state index is -0.493. The Morgan fingerprint density at radius 3 is 2.59 bits per heavy atom. The van der Waals surface area contributed by atoms with Crippen molar-refractivity contribution >= 4 is 23.1 Å². The molecule has 0 aliphatic carbocycles. The van der Waals surface area contributed by atoms with Crippen molar-refractivity contribution < 1.29 is 9.59 Å². The minimum Gasteiger partial charge on any atom is -0.365 e. The molecule has 1 aliphatic rings. The molecule has 1 saturated heterocycles. The van der Waals surface area contributed by atoms with Gasteiger partial charge in [0.2, 0.25) is 0 Å². The highest BCUT2D eigenvalue weighted by Gasteiger charge is 2.25. The number of amides is 2. The van der Waals surface area contributed by atoms with E-state index < -0.39 is 5.91 Å². The summed E-state index contributed by atoms with van der Waals surface area (Å²) in [6.07, 6.45) is 5.47. The summed E-state index contributed by atoms with van der Waals surface area (Å²) in [6.45, 7) is 4.38. The van der Waals surface area contributed by atoms with Gasteiger partial charge in [-0.15, -0.1) is 0 Å². The van der Waals surface area contributed by atoms with Crippen molar-refractivity contribution in [3.8, 4) is 0 Å². The molecule has 0 atom stereocenters. The fraction of sp³-hybridized carbons (Fsp3) is 0.250. The molecule has 2 amide bonds. The van der Waals surface area contributed by atoms with Crippen LogP contribution in [0.2, 0.25) is 0 Å². The van der Waals surface area contributed by atoms with E-state index in [-0.39, 0.29) is 5.91 Å². The molecular weight excluding hydrogens is 342 g/mol. The van der Waals surface area contributed by atoms with E-state index in [1.165, 1.54) is 0 Å². The standard InChI is InChI=1S/C20H21N5O2/c1-14-4-3-7-25-13-15(12-17(14)25)20(27)24-10-8-23(9-11-24)19-16(18(21)26)5-2-6-22-19/h2-7,12-13H,8-11H2,1H3,(H2,21,26). The number of primary amides is 1. The SMILES string of the molecule is Cc1cccn2cc(C(=O)N3CCN(c4ncccc4C(N)=O)CC3)cc12. The van der Waals surface area contributed by atoms with Gasteiger partial charge in [-0.2, -0.15) is 0 Å². The van der Waals surface area contributed by atoms with Gasteiger partial charge in [0, 0.05) is 50.3 Å². The largest absolute Gasteiger partial charge is 0.365 e. The van der Waals surface area contributed by atoms with Crippen LogP contribution in [0.1, 0.15) is 26.3 Å². The average molecular weight is 363 g/mol. The topological polar surface area (TPSA) is 83.9 Å². The molecule has 27 heavy (non-hydrogen) atoms. The summed E-state index contributed by atoms with van der Waals surface area (Å²) >= 11 is 0. The average Bonchev–Trinajstić information content (AvgIpc) is 3.13. The molecule has 0 spiro atoms. The number of anilines is 1. The van der Waals surface area contributed by atoms with E-state index in [9.17, 15) is 9.59 Å². The van der Waals surface area contributed by atoms with Gasteiger partial charge in [0.05, 0.1) is 11.1 Å². The second-order valence-electron chi connectivity index (χ2n) is 6.73. The zero-order valence-corrected chi connectivity index (χ0v) is 15.1. The number of hydrogen-bond acceptors (Lipinski definition) is 4. The zero-order valence-electron chi connectivity index (χ0n) is 15.1. The van der Waals surface area contributed by atoms with Crippen molar-refractivity contribution in [1.82, 2.24) is 14.3 Å². The van der Waals surface area contributed by atoms with Crippen molar-refractivity contribution in [2.75, 3.05) is 31.1 Å². The predicted molar refractivity (Wildman–Crippen MR) is 103 cm³/mol. The van der Waals surface area contributed by atoms with Crippen molar-refractivity contribution in [3.05, 3.63) is 65.6 Å². The highest BCUT2D eigenvalue weighted by molar-refractivity contribution is 5.98. The Hall–Kier alpha value is -3.35. The lowest BCUT2D eigenvalue weighted by atomic mass is 10.2. The fourth-order valence-electron chi connectivity index (χ4n) is 3.55. The van der Waals surface area contributed by atoms with Gasteiger partial charge in [0.15, 0.2) is 0 Å². The summed E-state index contributed by atoms with van der Waals surface area (Å²) in [5, 5.41) is 0. The van der Waals surface area contributed by atoms with Crippen LogP contribution >= 0.6 is 0 Å². The van der Waals surface area contributed by atoms with Gasteiger partial charge in [-0.3, -0.25) is 9.59 Å². The lowest BCUT2D eigenvalue weighted by Gasteiger charge is -2.35. The molecule has 2 N–H and O–H groups in total. The van der Waals surface area contributed by atoms with Crippen LogP contribution in [0.25, 0.3) is 5.52 Å². The van der Waals surface area contributed by atoms with Crippen LogP contribution in [0.5, 0.6) is 0 Å². The molecule has 0 aromatic carbocycles. The Balaban J connectivity index is 1.50. The van der Waals surface area contributed by atoms with Crippen molar-refractivity contribution in [2.45, 2.75) is 6.92 Å². The first kappa shape index (κ1) is 17.1. The van der Waals surface area contributed by atoms with E-state index in [0.717, 1.165) is 11.1 Å². The number of rotatable bonds is 3. The third-order valence-corrected chi connectivity index (χ3v) is 5.01. The van der Waals surface area contributed by atoms with E-state index in [0.29, 0.717) is 43.1 Å². The Bertz CT molecular complexity index is 1020. The van der Waals surface area contributed by atoms with E-state index >= 15 is 0 Å². The van der Waals surface area contributed by atoms with Crippen LogP contribution in [0.4, 0.5) is 5.82 Å². The molecule has 0 saturated carbocycles. The maximum atomic E-state index is 12.9. The number of aromatic nitrogens is 2. The van der Waals surface area contributed by atoms with Crippen LogP contribution in [-0.4, -0.2) is 52.3 Å². The Kier molecular flexibility index (Phi) is 4.27. The number of nitrogens with two attached hydrogens (primary N) is 1. The molecule has 4 heterocycles. The maximum Gasteiger partial charge on any atom is 0.255 e. The Morgan fingerprint density at radius 2 is 1.89 bits per heavy atom. The van der Waals surface area contributed by atoms with E-state index in [2.05, 4.69) is 4.98 Å². The number of nitrogens with zero attached hydrogens (tertiary/aromatic N) is 4. The van der Waals surface area contributed by atoms with Gasteiger partial charge in [0.1, 0.15) is 5.82 Å². The van der Waals surface area contributed by atoms with Gasteiger partial charge >= 0.3 is 0 Å². The van der Waals surface area contributed by atoms with E-state index in [1.807, 2.05) is 51.7 Å².